The van der Waals surface area contributed by atoms with Crippen molar-refractivity contribution >= 4 is 5.91 Å². The maximum absolute atomic E-state index is 12.9. The molecule has 0 aliphatic heterocycles. The molecule has 2 nitrogen and oxygen atoms in total. The van der Waals surface area contributed by atoms with Crippen molar-refractivity contribution in [2.45, 2.75) is 24.8 Å². The van der Waals surface area contributed by atoms with Crippen molar-refractivity contribution in [2.24, 2.45) is 0 Å². The quantitative estimate of drug-likeness (QED) is 0.829. The Morgan fingerprint density at radius 1 is 0.950 bits per heavy atom. The van der Waals surface area contributed by atoms with Gasteiger partial charge in [-0.05, 0) is 24.0 Å². The molecule has 0 N–H and O–H groups in total. The molecule has 1 amide bonds. The molecule has 0 radical (unpaired) electrons. The van der Waals surface area contributed by atoms with E-state index in [1.165, 1.54) is 0 Å². The molecular formula is C18H19NO. The van der Waals surface area contributed by atoms with E-state index in [1.807, 2.05) is 72.6 Å². The third-order valence-electron chi connectivity index (χ3n) is 3.95. The van der Waals surface area contributed by atoms with Crippen LogP contribution in [0.2, 0.25) is 0 Å². The monoisotopic (exact) mass is 265 g/mol. The van der Waals surface area contributed by atoms with Crippen LogP contribution in [0.25, 0.3) is 0 Å². The van der Waals surface area contributed by atoms with Gasteiger partial charge in [0.15, 0.2) is 0 Å². The van der Waals surface area contributed by atoms with Crippen LogP contribution < -0.4 is 0 Å². The largest absolute Gasteiger partial charge is 0.342 e. The van der Waals surface area contributed by atoms with Gasteiger partial charge in [-0.3, -0.25) is 4.79 Å². The maximum Gasteiger partial charge on any atom is 0.234 e. The molecule has 102 valence electrons. The molecule has 3 rings (SSSR count). The van der Waals surface area contributed by atoms with Gasteiger partial charge < -0.3 is 4.90 Å². The van der Waals surface area contributed by atoms with Crippen molar-refractivity contribution in [3.63, 3.8) is 0 Å². The first-order valence-electron chi connectivity index (χ1n) is 7.14. The summed E-state index contributed by atoms with van der Waals surface area (Å²) in [6, 6.07) is 20.6. The van der Waals surface area contributed by atoms with Crippen LogP contribution in [0.4, 0.5) is 0 Å². The molecule has 1 fully saturated rings. The zero-order valence-corrected chi connectivity index (χ0v) is 11.7. The van der Waals surface area contributed by atoms with Gasteiger partial charge in [-0.2, -0.15) is 0 Å². The topological polar surface area (TPSA) is 20.3 Å². The molecule has 2 aromatic rings. The summed E-state index contributed by atoms with van der Waals surface area (Å²) in [4.78, 5) is 14.8. The number of carbonyl (C=O) groups is 1. The molecule has 1 saturated carbocycles. The fourth-order valence-electron chi connectivity index (χ4n) is 2.61. The van der Waals surface area contributed by atoms with Crippen molar-refractivity contribution in [3.8, 4) is 0 Å². The Kier molecular flexibility index (Phi) is 3.55. The zero-order valence-electron chi connectivity index (χ0n) is 11.7. The molecule has 0 spiro atoms. The van der Waals surface area contributed by atoms with Crippen LogP contribution in [0.5, 0.6) is 0 Å². The summed E-state index contributed by atoms with van der Waals surface area (Å²) in [7, 11) is 1.93. The number of amides is 1. The summed E-state index contributed by atoms with van der Waals surface area (Å²) in [5.41, 5.74) is 2.13. The van der Waals surface area contributed by atoms with Crippen molar-refractivity contribution in [2.75, 3.05) is 7.05 Å². The molecule has 1 aliphatic carbocycles. The van der Waals surface area contributed by atoms with Gasteiger partial charge in [0.05, 0.1) is 5.92 Å². The van der Waals surface area contributed by atoms with Crippen LogP contribution in [-0.4, -0.2) is 23.9 Å². The second kappa shape index (κ2) is 5.49. The Hall–Kier alpha value is -2.09. The SMILES string of the molecule is CN(C(=O)C(c1ccccc1)c1ccccc1)C1CC1. The Labute approximate surface area is 120 Å². The first kappa shape index (κ1) is 12.9. The Balaban J connectivity index is 1.97. The number of benzene rings is 2. The second-order valence-corrected chi connectivity index (χ2v) is 5.43. The lowest BCUT2D eigenvalue weighted by molar-refractivity contribution is -0.131. The third-order valence-corrected chi connectivity index (χ3v) is 3.95. The van der Waals surface area contributed by atoms with Gasteiger partial charge in [-0.25, -0.2) is 0 Å². The minimum absolute atomic E-state index is 0.192. The number of hydrogen-bond donors (Lipinski definition) is 0. The van der Waals surface area contributed by atoms with Gasteiger partial charge in [0, 0.05) is 13.1 Å². The average Bonchev–Trinajstić information content (AvgIpc) is 3.33. The molecule has 2 aromatic carbocycles. The van der Waals surface area contributed by atoms with Gasteiger partial charge in [0.25, 0.3) is 0 Å². The van der Waals surface area contributed by atoms with E-state index in [9.17, 15) is 4.79 Å². The van der Waals surface area contributed by atoms with Crippen LogP contribution >= 0.6 is 0 Å². The zero-order chi connectivity index (χ0) is 13.9. The van der Waals surface area contributed by atoms with Crippen molar-refractivity contribution in [3.05, 3.63) is 71.8 Å². The average molecular weight is 265 g/mol. The van der Waals surface area contributed by atoms with E-state index in [2.05, 4.69) is 0 Å². The summed E-state index contributed by atoms with van der Waals surface area (Å²) in [6.07, 6.45) is 2.27. The van der Waals surface area contributed by atoms with E-state index in [1.54, 1.807) is 0 Å². The summed E-state index contributed by atoms with van der Waals surface area (Å²) in [5.74, 6) is 0.00731. The highest BCUT2D eigenvalue weighted by molar-refractivity contribution is 5.87. The number of likely N-dealkylation sites (N-methyl/N-ethyl adjacent to an activating group) is 1. The highest BCUT2D eigenvalue weighted by atomic mass is 16.2. The predicted octanol–water partition coefficient (Wildman–Crippen LogP) is 3.44. The number of nitrogens with zero attached hydrogens (tertiary/aromatic N) is 1. The number of hydrogen-bond acceptors (Lipinski definition) is 1. The summed E-state index contributed by atoms with van der Waals surface area (Å²) >= 11 is 0. The molecule has 1 aliphatic rings. The Morgan fingerprint density at radius 3 is 1.80 bits per heavy atom. The van der Waals surface area contributed by atoms with E-state index < -0.39 is 0 Å². The first-order chi connectivity index (χ1) is 9.77. The van der Waals surface area contributed by atoms with Crippen LogP contribution in [0.3, 0.4) is 0 Å². The highest BCUT2D eigenvalue weighted by Crippen LogP contribution is 2.32. The van der Waals surface area contributed by atoms with E-state index in [0.29, 0.717) is 6.04 Å². The Bertz CT molecular complexity index is 535. The molecule has 0 unspecified atom stereocenters. The van der Waals surface area contributed by atoms with Crippen LogP contribution in [0, 0.1) is 0 Å². The lowest BCUT2D eigenvalue weighted by Crippen LogP contribution is -2.34. The number of carbonyl (C=O) groups excluding carboxylic acids is 1. The minimum Gasteiger partial charge on any atom is -0.342 e. The lowest BCUT2D eigenvalue weighted by atomic mass is 9.90. The van der Waals surface area contributed by atoms with E-state index in [4.69, 9.17) is 0 Å². The van der Waals surface area contributed by atoms with E-state index in [-0.39, 0.29) is 11.8 Å². The van der Waals surface area contributed by atoms with Gasteiger partial charge in [-0.1, -0.05) is 60.7 Å². The smallest absolute Gasteiger partial charge is 0.234 e. The fraction of sp³-hybridized carbons (Fsp3) is 0.278. The predicted molar refractivity (Wildman–Crippen MR) is 80.5 cm³/mol. The standard InChI is InChI=1S/C18H19NO/c1-19(16-12-13-16)18(20)17(14-8-4-2-5-9-14)15-10-6-3-7-11-15/h2-11,16-17H,12-13H2,1H3. The molecule has 0 aromatic heterocycles. The minimum atomic E-state index is -0.192. The normalized spacial score (nSPS) is 14.3. The van der Waals surface area contributed by atoms with Crippen LogP contribution in [0.1, 0.15) is 29.9 Å². The first-order valence-corrected chi connectivity index (χ1v) is 7.14. The second-order valence-electron chi connectivity index (χ2n) is 5.43. The Morgan fingerprint density at radius 2 is 1.40 bits per heavy atom. The van der Waals surface area contributed by atoms with Gasteiger partial charge in [-0.15, -0.1) is 0 Å². The van der Waals surface area contributed by atoms with Gasteiger partial charge in [0.2, 0.25) is 5.91 Å². The molecule has 0 heterocycles. The lowest BCUT2D eigenvalue weighted by Gasteiger charge is -2.24. The molecule has 0 atom stereocenters. The van der Waals surface area contributed by atoms with Crippen LogP contribution in [-0.2, 0) is 4.79 Å². The number of rotatable bonds is 4. The summed E-state index contributed by atoms with van der Waals surface area (Å²) < 4.78 is 0. The maximum atomic E-state index is 12.9. The summed E-state index contributed by atoms with van der Waals surface area (Å²) in [5, 5.41) is 0. The van der Waals surface area contributed by atoms with Gasteiger partial charge in [0.1, 0.15) is 0 Å². The molecule has 2 heteroatoms. The van der Waals surface area contributed by atoms with Crippen molar-refractivity contribution in [1.29, 1.82) is 0 Å². The van der Waals surface area contributed by atoms with Crippen molar-refractivity contribution < 1.29 is 4.79 Å². The van der Waals surface area contributed by atoms with Crippen LogP contribution in [0.15, 0.2) is 60.7 Å². The third kappa shape index (κ3) is 2.60. The molecule has 0 saturated heterocycles. The molecular weight excluding hydrogens is 246 g/mol. The van der Waals surface area contributed by atoms with E-state index >= 15 is 0 Å². The van der Waals surface area contributed by atoms with Gasteiger partial charge >= 0.3 is 0 Å². The fourth-order valence-corrected chi connectivity index (χ4v) is 2.61. The molecule has 20 heavy (non-hydrogen) atoms. The molecule has 0 bridgehead atoms. The highest BCUT2D eigenvalue weighted by Gasteiger charge is 2.34. The summed E-state index contributed by atoms with van der Waals surface area (Å²) in [6.45, 7) is 0. The van der Waals surface area contributed by atoms with Crippen molar-refractivity contribution in [1.82, 2.24) is 4.90 Å². The van der Waals surface area contributed by atoms with E-state index in [0.717, 1.165) is 24.0 Å².